The lowest BCUT2D eigenvalue weighted by atomic mass is 9.88. The van der Waals surface area contributed by atoms with Crippen molar-refractivity contribution in [3.8, 4) is 5.75 Å². The number of aliphatic carboxylic acids is 1. The first kappa shape index (κ1) is 19.0. The summed E-state index contributed by atoms with van der Waals surface area (Å²) < 4.78 is 5.93. The van der Waals surface area contributed by atoms with Crippen LogP contribution in [0.2, 0.25) is 0 Å². The number of nitrogens with zero attached hydrogens (tertiary/aromatic N) is 1. The van der Waals surface area contributed by atoms with Gasteiger partial charge in [-0.15, -0.1) is 11.8 Å². The van der Waals surface area contributed by atoms with Gasteiger partial charge in [0.1, 0.15) is 5.75 Å². The molecule has 5 nitrogen and oxygen atoms in total. The lowest BCUT2D eigenvalue weighted by Crippen LogP contribution is -2.26. The van der Waals surface area contributed by atoms with Gasteiger partial charge in [0.2, 0.25) is 0 Å². The quantitative estimate of drug-likeness (QED) is 0.764. The van der Waals surface area contributed by atoms with Gasteiger partial charge in [0.05, 0.1) is 5.41 Å². The number of carboxylic acids is 1. The topological polar surface area (TPSA) is 65.6 Å². The minimum Gasteiger partial charge on any atom is -0.481 e. The molecule has 1 aromatic carbocycles. The van der Waals surface area contributed by atoms with E-state index in [1.807, 2.05) is 26.2 Å². The highest BCUT2D eigenvalue weighted by Crippen LogP contribution is 2.46. The summed E-state index contributed by atoms with van der Waals surface area (Å²) in [6.45, 7) is 5.70. The Kier molecular flexibility index (Phi) is 4.96. The SMILES string of the molecule is CC1Cc2c(OC(=S)N(C)C)ccc3[nH]c(CC(C)(C)C(=O)O)c(c23)S1. The van der Waals surface area contributed by atoms with Gasteiger partial charge in [-0.3, -0.25) is 4.79 Å². The van der Waals surface area contributed by atoms with E-state index in [0.717, 1.165) is 39.2 Å². The van der Waals surface area contributed by atoms with Crippen molar-refractivity contribution < 1.29 is 14.6 Å². The third kappa shape index (κ3) is 3.42. The van der Waals surface area contributed by atoms with Gasteiger partial charge in [-0.2, -0.15) is 0 Å². The Bertz CT molecular complexity index is 887. The van der Waals surface area contributed by atoms with Gasteiger partial charge >= 0.3 is 5.97 Å². The maximum Gasteiger partial charge on any atom is 0.309 e. The summed E-state index contributed by atoms with van der Waals surface area (Å²) in [7, 11) is 3.72. The molecule has 0 fully saturated rings. The van der Waals surface area contributed by atoms with Crippen molar-refractivity contribution >= 4 is 46.0 Å². The first-order valence-corrected chi connectivity index (χ1v) is 9.84. The van der Waals surface area contributed by atoms with Gasteiger partial charge < -0.3 is 19.7 Å². The van der Waals surface area contributed by atoms with E-state index in [2.05, 4.69) is 11.9 Å². The van der Waals surface area contributed by atoms with Crippen LogP contribution >= 0.6 is 24.0 Å². The molecule has 0 saturated carbocycles. The van der Waals surface area contributed by atoms with Gasteiger partial charge in [-0.1, -0.05) is 6.92 Å². The van der Waals surface area contributed by atoms with E-state index in [9.17, 15) is 9.90 Å². The molecule has 26 heavy (non-hydrogen) atoms. The van der Waals surface area contributed by atoms with Crippen LogP contribution in [0, 0.1) is 5.41 Å². The van der Waals surface area contributed by atoms with Crippen LogP contribution in [-0.4, -0.2) is 45.5 Å². The lowest BCUT2D eigenvalue weighted by molar-refractivity contribution is -0.146. The third-order valence-corrected chi connectivity index (χ3v) is 6.33. The molecule has 0 aliphatic carbocycles. The monoisotopic (exact) mass is 392 g/mol. The molecule has 3 rings (SSSR count). The number of aromatic amines is 1. The van der Waals surface area contributed by atoms with Crippen LogP contribution in [0.4, 0.5) is 0 Å². The Morgan fingerprint density at radius 1 is 1.46 bits per heavy atom. The third-order valence-electron chi connectivity index (χ3n) is 4.63. The van der Waals surface area contributed by atoms with Crippen LogP contribution in [-0.2, 0) is 17.6 Å². The Hall–Kier alpha value is -1.73. The molecule has 2 N–H and O–H groups in total. The first-order valence-electron chi connectivity index (χ1n) is 8.55. The number of thioether (sulfide) groups is 1. The Morgan fingerprint density at radius 3 is 2.77 bits per heavy atom. The molecular weight excluding hydrogens is 368 g/mol. The number of carboxylic acid groups (broad SMARTS) is 1. The van der Waals surface area contributed by atoms with Crippen molar-refractivity contribution in [2.24, 2.45) is 5.41 Å². The number of carbonyl (C=O) groups is 1. The summed E-state index contributed by atoms with van der Waals surface area (Å²) in [5.74, 6) is -0.00886. The largest absolute Gasteiger partial charge is 0.481 e. The molecule has 1 aromatic heterocycles. The zero-order chi connectivity index (χ0) is 19.2. The van der Waals surface area contributed by atoms with Gasteiger partial charge in [0, 0.05) is 52.8 Å². The van der Waals surface area contributed by atoms with Gasteiger partial charge in [-0.05, 0) is 44.6 Å². The number of rotatable bonds is 4. The maximum atomic E-state index is 11.6. The van der Waals surface area contributed by atoms with Crippen molar-refractivity contribution in [1.82, 2.24) is 9.88 Å². The molecule has 1 aliphatic rings. The van der Waals surface area contributed by atoms with Crippen LogP contribution in [0.5, 0.6) is 5.75 Å². The van der Waals surface area contributed by atoms with Gasteiger partial charge in [0.25, 0.3) is 5.17 Å². The fraction of sp³-hybridized carbons (Fsp3) is 0.474. The van der Waals surface area contributed by atoms with Crippen molar-refractivity contribution in [3.05, 3.63) is 23.4 Å². The van der Waals surface area contributed by atoms with E-state index in [1.54, 1.807) is 30.5 Å². The summed E-state index contributed by atoms with van der Waals surface area (Å²) >= 11 is 7.10. The lowest BCUT2D eigenvalue weighted by Gasteiger charge is -2.24. The molecule has 1 aliphatic heterocycles. The number of hydrogen-bond acceptors (Lipinski definition) is 4. The second kappa shape index (κ2) is 6.78. The zero-order valence-corrected chi connectivity index (χ0v) is 17.3. The average Bonchev–Trinajstić information content (AvgIpc) is 2.87. The predicted octanol–water partition coefficient (Wildman–Crippen LogP) is 4.08. The smallest absolute Gasteiger partial charge is 0.309 e. The normalized spacial score (nSPS) is 16.6. The van der Waals surface area contributed by atoms with Crippen molar-refractivity contribution in [3.63, 3.8) is 0 Å². The highest BCUT2D eigenvalue weighted by molar-refractivity contribution is 8.00. The van der Waals surface area contributed by atoms with Gasteiger partial charge in [0.15, 0.2) is 0 Å². The molecule has 2 heterocycles. The van der Waals surface area contributed by atoms with Crippen LogP contribution in [0.15, 0.2) is 17.0 Å². The Morgan fingerprint density at radius 2 is 2.15 bits per heavy atom. The first-order chi connectivity index (χ1) is 12.1. The number of nitrogens with one attached hydrogen (secondary N) is 1. The molecule has 2 aromatic rings. The summed E-state index contributed by atoms with van der Waals surface area (Å²) in [5.41, 5.74) is 2.32. The fourth-order valence-corrected chi connectivity index (χ4v) is 4.51. The van der Waals surface area contributed by atoms with Crippen molar-refractivity contribution in [2.75, 3.05) is 14.1 Å². The van der Waals surface area contributed by atoms with E-state index in [1.165, 1.54) is 0 Å². The summed E-state index contributed by atoms with van der Waals surface area (Å²) in [6, 6.07) is 3.94. The number of aromatic nitrogens is 1. The average molecular weight is 393 g/mol. The molecule has 0 amide bonds. The second-order valence-electron chi connectivity index (χ2n) is 7.66. The number of ether oxygens (including phenoxy) is 1. The number of thiocarbonyl (C=S) groups is 1. The summed E-state index contributed by atoms with van der Waals surface area (Å²) in [4.78, 5) is 17.9. The van der Waals surface area contributed by atoms with Crippen LogP contribution in [0.3, 0.4) is 0 Å². The number of hydrogen-bond donors (Lipinski definition) is 2. The molecule has 1 unspecified atom stereocenters. The zero-order valence-electron chi connectivity index (χ0n) is 15.7. The molecule has 7 heteroatoms. The van der Waals surface area contributed by atoms with E-state index < -0.39 is 11.4 Å². The van der Waals surface area contributed by atoms with Crippen LogP contribution in [0.25, 0.3) is 10.9 Å². The Balaban J connectivity index is 2.10. The molecule has 1 atom stereocenters. The minimum absolute atomic E-state index is 0.380. The molecular formula is C19H24N2O3S2. The van der Waals surface area contributed by atoms with E-state index in [4.69, 9.17) is 17.0 Å². The van der Waals surface area contributed by atoms with Crippen molar-refractivity contribution in [2.45, 2.75) is 43.8 Å². The summed E-state index contributed by atoms with van der Waals surface area (Å²) in [6.07, 6.45) is 1.35. The molecule has 0 radical (unpaired) electrons. The van der Waals surface area contributed by atoms with Crippen LogP contribution < -0.4 is 4.74 Å². The maximum absolute atomic E-state index is 11.6. The molecule has 0 bridgehead atoms. The molecule has 0 spiro atoms. The molecule has 140 valence electrons. The van der Waals surface area contributed by atoms with Gasteiger partial charge in [-0.25, -0.2) is 0 Å². The highest BCUT2D eigenvalue weighted by Gasteiger charge is 2.32. The highest BCUT2D eigenvalue weighted by atomic mass is 32.2. The van der Waals surface area contributed by atoms with Crippen molar-refractivity contribution in [1.29, 1.82) is 0 Å². The Labute approximate surface area is 163 Å². The van der Waals surface area contributed by atoms with E-state index >= 15 is 0 Å². The van der Waals surface area contributed by atoms with E-state index in [0.29, 0.717) is 16.8 Å². The second-order valence-corrected chi connectivity index (χ2v) is 9.46. The fourth-order valence-electron chi connectivity index (χ4n) is 3.15. The molecule has 0 saturated heterocycles. The van der Waals surface area contributed by atoms with Crippen LogP contribution in [0.1, 0.15) is 32.0 Å². The standard InChI is InChI=1S/C19H24N2O3S2/c1-10-8-11-14(24-18(25)21(4)5)7-6-12-15(11)16(26-10)13(20-12)9-19(2,3)17(22)23/h6-7,10,20H,8-9H2,1-5H3,(H,22,23). The minimum atomic E-state index is -0.829. The predicted molar refractivity (Wildman–Crippen MR) is 109 cm³/mol. The van der Waals surface area contributed by atoms with E-state index in [-0.39, 0.29) is 0 Å². The summed E-state index contributed by atoms with van der Waals surface area (Å²) in [5, 5.41) is 11.4. The number of benzene rings is 1. The number of H-pyrrole nitrogens is 1.